The second-order valence-corrected chi connectivity index (χ2v) is 4.45. The third-order valence-electron chi connectivity index (χ3n) is 2.47. The van der Waals surface area contributed by atoms with Crippen LogP contribution in [0.4, 0.5) is 10.5 Å². The molecule has 0 saturated carbocycles. The van der Waals surface area contributed by atoms with E-state index in [-0.39, 0.29) is 16.3 Å². The van der Waals surface area contributed by atoms with E-state index in [0.717, 1.165) is 6.42 Å². The number of amides is 2. The highest BCUT2D eigenvalue weighted by atomic mass is 35.5. The summed E-state index contributed by atoms with van der Waals surface area (Å²) in [6, 6.07) is 3.95. The molecule has 0 aromatic heterocycles. The molecule has 0 heterocycles. The van der Waals surface area contributed by atoms with Crippen molar-refractivity contribution in [1.29, 1.82) is 0 Å². The normalized spacial score (nSPS) is 9.95. The Morgan fingerprint density at radius 3 is 2.81 bits per heavy atom. The lowest BCUT2D eigenvalue weighted by Gasteiger charge is -2.11. The highest BCUT2D eigenvalue weighted by molar-refractivity contribution is 6.34. The zero-order valence-corrected chi connectivity index (χ0v) is 12.2. The van der Waals surface area contributed by atoms with Crippen molar-refractivity contribution in [2.24, 2.45) is 0 Å². The molecule has 6 nitrogen and oxygen atoms in total. The lowest BCUT2D eigenvalue weighted by molar-refractivity contribution is 0.0698. The van der Waals surface area contributed by atoms with Gasteiger partial charge in [-0.2, -0.15) is 0 Å². The van der Waals surface area contributed by atoms with E-state index in [1.807, 2.05) is 0 Å². The molecule has 0 radical (unpaired) electrons. The van der Waals surface area contributed by atoms with Crippen LogP contribution in [-0.2, 0) is 4.74 Å². The summed E-state index contributed by atoms with van der Waals surface area (Å²) in [6.45, 7) is 4.79. The minimum absolute atomic E-state index is 0.0630. The van der Waals surface area contributed by atoms with Crippen LogP contribution in [0, 0.1) is 0 Å². The molecule has 0 aliphatic rings. The number of hydrogen-bond acceptors (Lipinski definition) is 3. The predicted molar refractivity (Wildman–Crippen MR) is 81.1 cm³/mol. The highest BCUT2D eigenvalue weighted by Gasteiger charge is 2.15. The van der Waals surface area contributed by atoms with E-state index in [9.17, 15) is 9.59 Å². The number of aromatic carboxylic acids is 1. The lowest BCUT2D eigenvalue weighted by Crippen LogP contribution is -2.32. The van der Waals surface area contributed by atoms with Gasteiger partial charge in [-0.05, 0) is 18.6 Å². The maximum absolute atomic E-state index is 11.7. The molecular weight excluding hydrogens is 296 g/mol. The molecule has 1 aromatic rings. The minimum Gasteiger partial charge on any atom is -0.478 e. The second kappa shape index (κ2) is 8.99. The number of nitrogens with one attached hydrogen (secondary N) is 2. The van der Waals surface area contributed by atoms with Crippen LogP contribution in [0.3, 0.4) is 0 Å². The molecule has 0 saturated heterocycles. The van der Waals surface area contributed by atoms with Crippen LogP contribution >= 0.6 is 11.6 Å². The first-order chi connectivity index (χ1) is 10.1. The van der Waals surface area contributed by atoms with E-state index in [2.05, 4.69) is 17.2 Å². The summed E-state index contributed by atoms with van der Waals surface area (Å²) >= 11 is 5.80. The summed E-state index contributed by atoms with van der Waals surface area (Å²) in [5.41, 5.74) is -0.00312. The minimum atomic E-state index is -1.20. The first-order valence-electron chi connectivity index (χ1n) is 6.31. The van der Waals surface area contributed by atoms with Gasteiger partial charge in [0.2, 0.25) is 0 Å². The van der Waals surface area contributed by atoms with Gasteiger partial charge >= 0.3 is 12.0 Å². The number of carbonyl (C=O) groups excluding carboxylic acids is 1. The van der Waals surface area contributed by atoms with Crippen molar-refractivity contribution >= 4 is 29.3 Å². The van der Waals surface area contributed by atoms with Gasteiger partial charge < -0.3 is 20.5 Å². The largest absolute Gasteiger partial charge is 0.478 e. The molecule has 1 aromatic carbocycles. The van der Waals surface area contributed by atoms with Crippen molar-refractivity contribution in [3.8, 4) is 0 Å². The third kappa shape index (κ3) is 5.85. The van der Waals surface area contributed by atoms with Gasteiger partial charge in [0.25, 0.3) is 0 Å². The first kappa shape index (κ1) is 17.0. The molecule has 0 bridgehead atoms. The number of benzene rings is 1. The molecule has 0 unspecified atom stereocenters. The first-order valence-corrected chi connectivity index (χ1v) is 6.69. The molecule has 3 N–H and O–H groups in total. The fourth-order valence-electron chi connectivity index (χ4n) is 1.52. The SMILES string of the molecule is C=CCCOCCNC(=O)Nc1cccc(Cl)c1C(=O)O. The average Bonchev–Trinajstić information content (AvgIpc) is 2.42. The van der Waals surface area contributed by atoms with Crippen LogP contribution in [-0.4, -0.2) is 36.9 Å². The fourth-order valence-corrected chi connectivity index (χ4v) is 1.77. The molecule has 1 rings (SSSR count). The predicted octanol–water partition coefficient (Wildman–Crippen LogP) is 2.75. The third-order valence-corrected chi connectivity index (χ3v) is 2.79. The molecule has 0 aliphatic carbocycles. The van der Waals surface area contributed by atoms with Crippen molar-refractivity contribution in [3.05, 3.63) is 41.4 Å². The topological polar surface area (TPSA) is 87.7 Å². The summed E-state index contributed by atoms with van der Waals surface area (Å²) in [7, 11) is 0. The Kier molecular flexibility index (Phi) is 7.28. The Hall–Kier alpha value is -2.05. The lowest BCUT2D eigenvalue weighted by atomic mass is 10.2. The average molecular weight is 313 g/mol. The van der Waals surface area contributed by atoms with Crippen LogP contribution in [0.25, 0.3) is 0 Å². The van der Waals surface area contributed by atoms with Crippen LogP contribution in [0.15, 0.2) is 30.9 Å². The van der Waals surface area contributed by atoms with E-state index in [4.69, 9.17) is 21.4 Å². The molecule has 2 amide bonds. The Morgan fingerprint density at radius 2 is 2.14 bits per heavy atom. The standard InChI is InChI=1S/C14H17ClN2O4/c1-2-3-8-21-9-7-16-14(20)17-11-6-4-5-10(15)12(11)13(18)19/h2,4-6H,1,3,7-9H2,(H,18,19)(H2,16,17,20). The van der Waals surface area contributed by atoms with Crippen molar-refractivity contribution < 1.29 is 19.4 Å². The summed E-state index contributed by atoms with van der Waals surface area (Å²) in [4.78, 5) is 22.8. The summed E-state index contributed by atoms with van der Waals surface area (Å²) in [5.74, 6) is -1.20. The van der Waals surface area contributed by atoms with Crippen LogP contribution in [0.5, 0.6) is 0 Å². The Balaban J connectivity index is 2.46. The number of hydrogen-bond donors (Lipinski definition) is 3. The van der Waals surface area contributed by atoms with Gasteiger partial charge in [0, 0.05) is 6.54 Å². The van der Waals surface area contributed by atoms with E-state index < -0.39 is 12.0 Å². The Labute approximate surface area is 127 Å². The van der Waals surface area contributed by atoms with Gasteiger partial charge in [-0.3, -0.25) is 0 Å². The molecule has 0 atom stereocenters. The van der Waals surface area contributed by atoms with Gasteiger partial charge in [0.05, 0.1) is 23.9 Å². The zero-order valence-electron chi connectivity index (χ0n) is 11.4. The maximum Gasteiger partial charge on any atom is 0.339 e. The van der Waals surface area contributed by atoms with Gasteiger partial charge in [-0.1, -0.05) is 23.7 Å². The van der Waals surface area contributed by atoms with Crippen LogP contribution in [0.2, 0.25) is 5.02 Å². The van der Waals surface area contributed by atoms with E-state index >= 15 is 0 Å². The van der Waals surface area contributed by atoms with E-state index in [0.29, 0.717) is 19.8 Å². The molecule has 114 valence electrons. The van der Waals surface area contributed by atoms with Gasteiger partial charge in [-0.25, -0.2) is 9.59 Å². The number of urea groups is 1. The molecule has 7 heteroatoms. The Bertz CT molecular complexity index is 520. The number of rotatable bonds is 8. The Morgan fingerprint density at radius 1 is 1.38 bits per heavy atom. The summed E-state index contributed by atoms with van der Waals surface area (Å²) in [6.07, 6.45) is 2.49. The molecular formula is C14H17ClN2O4. The van der Waals surface area contributed by atoms with Crippen molar-refractivity contribution in [3.63, 3.8) is 0 Å². The summed E-state index contributed by atoms with van der Waals surface area (Å²) < 4.78 is 5.23. The molecule has 0 fully saturated rings. The number of halogens is 1. The highest BCUT2D eigenvalue weighted by Crippen LogP contribution is 2.24. The van der Waals surface area contributed by atoms with Crippen molar-refractivity contribution in [2.45, 2.75) is 6.42 Å². The molecule has 21 heavy (non-hydrogen) atoms. The van der Waals surface area contributed by atoms with E-state index in [1.165, 1.54) is 12.1 Å². The van der Waals surface area contributed by atoms with Crippen molar-refractivity contribution in [2.75, 3.05) is 25.1 Å². The molecule has 0 aliphatic heterocycles. The zero-order chi connectivity index (χ0) is 15.7. The van der Waals surface area contributed by atoms with Gasteiger partial charge in [0.1, 0.15) is 5.56 Å². The maximum atomic E-state index is 11.7. The van der Waals surface area contributed by atoms with Crippen molar-refractivity contribution in [1.82, 2.24) is 5.32 Å². The fraction of sp³-hybridized carbons (Fsp3) is 0.286. The number of ether oxygens (including phenoxy) is 1. The number of anilines is 1. The number of carboxylic acids is 1. The number of carboxylic acid groups (broad SMARTS) is 1. The van der Waals surface area contributed by atoms with E-state index in [1.54, 1.807) is 12.1 Å². The second-order valence-electron chi connectivity index (χ2n) is 4.04. The van der Waals surface area contributed by atoms with Gasteiger partial charge in [0.15, 0.2) is 0 Å². The summed E-state index contributed by atoms with van der Waals surface area (Å²) in [5, 5.41) is 14.1. The molecule has 0 spiro atoms. The van der Waals surface area contributed by atoms with Crippen LogP contribution in [0.1, 0.15) is 16.8 Å². The quantitative estimate of drug-likeness (QED) is 0.509. The monoisotopic (exact) mass is 312 g/mol. The number of carbonyl (C=O) groups is 2. The smallest absolute Gasteiger partial charge is 0.339 e. The van der Waals surface area contributed by atoms with Crippen LogP contribution < -0.4 is 10.6 Å². The van der Waals surface area contributed by atoms with Gasteiger partial charge in [-0.15, -0.1) is 6.58 Å².